The Morgan fingerprint density at radius 1 is 1.06 bits per heavy atom. The highest BCUT2D eigenvalue weighted by molar-refractivity contribution is 7.23. The molecule has 0 saturated carbocycles. The van der Waals surface area contributed by atoms with Crippen LogP contribution in [0.15, 0.2) is 60.1 Å². The number of fused-ring (bicyclic) bond motifs is 1. The summed E-state index contributed by atoms with van der Waals surface area (Å²) in [5.41, 5.74) is 9.82. The van der Waals surface area contributed by atoms with Gasteiger partial charge in [0.15, 0.2) is 5.13 Å². The summed E-state index contributed by atoms with van der Waals surface area (Å²) >= 11 is 2.68. The fraction of sp³-hybridized carbons (Fsp3) is 0.0435. The van der Waals surface area contributed by atoms with Crippen LogP contribution in [0.4, 0.5) is 21.4 Å². The summed E-state index contributed by atoms with van der Waals surface area (Å²) in [5, 5.41) is 11.9. The summed E-state index contributed by atoms with van der Waals surface area (Å²) < 4.78 is 0. The van der Waals surface area contributed by atoms with Gasteiger partial charge < -0.3 is 21.4 Å². The van der Waals surface area contributed by atoms with Crippen molar-refractivity contribution in [2.45, 2.75) is 0 Å². The maximum Gasteiger partial charge on any atom is 0.320 e. The number of carbonyl (C=O) groups excluding carboxylic acids is 2. The lowest BCUT2D eigenvalue weighted by atomic mass is 10.1. The number of rotatable bonds is 5. The molecule has 11 heteroatoms. The van der Waals surface area contributed by atoms with Crippen LogP contribution < -0.4 is 21.7 Å². The van der Waals surface area contributed by atoms with Gasteiger partial charge in [0.1, 0.15) is 15.7 Å². The molecule has 0 aliphatic heterocycles. The summed E-state index contributed by atoms with van der Waals surface area (Å²) in [6.45, 7) is 0. The Balaban J connectivity index is 1.37. The number of hydrogen-bond acceptors (Lipinski definition) is 7. The molecular weight excluding hydrogens is 470 g/mol. The van der Waals surface area contributed by atoms with Crippen molar-refractivity contribution in [3.8, 4) is 21.1 Å². The molecule has 34 heavy (non-hydrogen) atoms. The predicted octanol–water partition coefficient (Wildman–Crippen LogP) is 5.00. The number of nitrogens with zero attached hydrogens (tertiary/aromatic N) is 2. The Morgan fingerprint density at radius 3 is 2.76 bits per heavy atom. The van der Waals surface area contributed by atoms with E-state index in [1.807, 2.05) is 54.0 Å². The monoisotopic (exact) mass is 489 g/mol. The minimum atomic E-state index is -0.369. The number of benzene rings is 2. The number of amides is 3. The van der Waals surface area contributed by atoms with Gasteiger partial charge in [-0.25, -0.2) is 14.8 Å². The number of nitrogen functional groups attached to an aromatic ring is 1. The van der Waals surface area contributed by atoms with Crippen molar-refractivity contribution in [2.75, 3.05) is 23.4 Å². The number of carbonyl (C=O) groups is 2. The number of thiazole rings is 2. The molecule has 0 radical (unpaired) electrons. The van der Waals surface area contributed by atoms with Gasteiger partial charge in [-0.3, -0.25) is 10.1 Å². The van der Waals surface area contributed by atoms with Crippen LogP contribution in [0.5, 0.6) is 0 Å². The molecule has 5 rings (SSSR count). The van der Waals surface area contributed by atoms with E-state index in [4.69, 9.17) is 10.7 Å². The molecule has 6 N–H and O–H groups in total. The number of hydrogen-bond donors (Lipinski definition) is 5. The number of urea groups is 1. The van der Waals surface area contributed by atoms with Gasteiger partial charge in [-0.1, -0.05) is 29.5 Å². The quantitative estimate of drug-likeness (QED) is 0.236. The van der Waals surface area contributed by atoms with E-state index < -0.39 is 0 Å². The maximum absolute atomic E-state index is 12.9. The van der Waals surface area contributed by atoms with Gasteiger partial charge in [0, 0.05) is 46.3 Å². The first kappa shape index (κ1) is 21.6. The molecular formula is C23H19N7O2S2. The smallest absolute Gasteiger partial charge is 0.320 e. The topological polar surface area (TPSA) is 138 Å². The Bertz CT molecular complexity index is 1520. The third-order valence-corrected chi connectivity index (χ3v) is 7.04. The van der Waals surface area contributed by atoms with Crippen LogP contribution in [0, 0.1) is 0 Å². The van der Waals surface area contributed by atoms with Gasteiger partial charge in [0.2, 0.25) is 0 Å². The predicted molar refractivity (Wildman–Crippen MR) is 137 cm³/mol. The molecule has 0 saturated heterocycles. The lowest BCUT2D eigenvalue weighted by Gasteiger charge is -2.08. The fourth-order valence-electron chi connectivity index (χ4n) is 3.45. The van der Waals surface area contributed by atoms with E-state index in [2.05, 4.69) is 25.9 Å². The van der Waals surface area contributed by atoms with Gasteiger partial charge in [-0.05, 0) is 30.3 Å². The minimum absolute atomic E-state index is 0.185. The number of aromatic nitrogens is 3. The SMILES string of the molecule is CNC(=O)Nc1nc(N)c(-c2nc(-c3cccc(NC(=O)c4cccc5[nH]ccc45)c3)cs2)s1. The third kappa shape index (κ3) is 4.21. The third-order valence-electron chi connectivity index (χ3n) is 5.06. The van der Waals surface area contributed by atoms with Crippen LogP contribution in [0.3, 0.4) is 0 Å². The first-order chi connectivity index (χ1) is 16.5. The number of nitrogens with two attached hydrogens (primary N) is 1. The maximum atomic E-state index is 12.9. The van der Waals surface area contributed by atoms with Crippen molar-refractivity contribution in [1.82, 2.24) is 20.3 Å². The fourth-order valence-corrected chi connectivity index (χ4v) is 5.26. The average molecular weight is 490 g/mol. The molecule has 0 unspecified atom stereocenters. The molecule has 3 heterocycles. The van der Waals surface area contributed by atoms with Gasteiger partial charge in [0.25, 0.3) is 5.91 Å². The van der Waals surface area contributed by atoms with Crippen molar-refractivity contribution in [2.24, 2.45) is 0 Å². The summed E-state index contributed by atoms with van der Waals surface area (Å²) in [6, 6.07) is 14.6. The Labute approximate surface area is 202 Å². The van der Waals surface area contributed by atoms with Crippen molar-refractivity contribution in [1.29, 1.82) is 0 Å². The molecule has 3 aromatic heterocycles. The number of H-pyrrole nitrogens is 1. The summed E-state index contributed by atoms with van der Waals surface area (Å²) in [4.78, 5) is 37.1. The normalized spacial score (nSPS) is 10.9. The molecule has 3 amide bonds. The Kier molecular flexibility index (Phi) is 5.70. The first-order valence-corrected chi connectivity index (χ1v) is 11.9. The standard InChI is InChI=1S/C23H19N7O2S2/c1-25-22(32)30-23-29-19(24)18(34-23)21-28-17(11-33-21)12-4-2-5-13(10-12)27-20(31)15-6-3-7-16-14(15)8-9-26-16/h2-11,26H,24H2,1H3,(H,27,31)(H2,25,29,30,32). The molecule has 0 aliphatic rings. The largest absolute Gasteiger partial charge is 0.382 e. The highest BCUT2D eigenvalue weighted by atomic mass is 32.1. The second-order valence-corrected chi connectivity index (χ2v) is 9.11. The highest BCUT2D eigenvalue weighted by Gasteiger charge is 2.17. The van der Waals surface area contributed by atoms with E-state index in [1.165, 1.54) is 29.7 Å². The zero-order valence-corrected chi connectivity index (χ0v) is 19.5. The zero-order chi connectivity index (χ0) is 23.7. The van der Waals surface area contributed by atoms with E-state index in [1.54, 1.807) is 6.07 Å². The second-order valence-electron chi connectivity index (χ2n) is 7.25. The summed E-state index contributed by atoms with van der Waals surface area (Å²) in [6.07, 6.45) is 1.81. The van der Waals surface area contributed by atoms with Crippen LogP contribution in [0.1, 0.15) is 10.4 Å². The van der Waals surface area contributed by atoms with Crippen LogP contribution in [0.2, 0.25) is 0 Å². The van der Waals surface area contributed by atoms with Crippen LogP contribution in [0.25, 0.3) is 32.0 Å². The lowest BCUT2D eigenvalue weighted by Crippen LogP contribution is -2.24. The molecule has 0 fully saturated rings. The van der Waals surface area contributed by atoms with Crippen LogP contribution in [-0.2, 0) is 0 Å². The second kappa shape index (κ2) is 8.96. The van der Waals surface area contributed by atoms with Gasteiger partial charge in [-0.15, -0.1) is 11.3 Å². The molecule has 5 aromatic rings. The van der Waals surface area contributed by atoms with E-state index in [9.17, 15) is 9.59 Å². The van der Waals surface area contributed by atoms with E-state index in [0.29, 0.717) is 32.1 Å². The molecule has 170 valence electrons. The summed E-state index contributed by atoms with van der Waals surface area (Å²) in [7, 11) is 1.53. The van der Waals surface area contributed by atoms with E-state index in [0.717, 1.165) is 22.2 Å². The van der Waals surface area contributed by atoms with E-state index in [-0.39, 0.29) is 11.9 Å². The van der Waals surface area contributed by atoms with Crippen molar-refractivity contribution in [3.63, 3.8) is 0 Å². The molecule has 9 nitrogen and oxygen atoms in total. The Morgan fingerprint density at radius 2 is 1.91 bits per heavy atom. The van der Waals surface area contributed by atoms with Gasteiger partial charge >= 0.3 is 6.03 Å². The zero-order valence-electron chi connectivity index (χ0n) is 17.9. The Hall–Kier alpha value is -4.22. The van der Waals surface area contributed by atoms with Crippen LogP contribution in [-0.4, -0.2) is 33.9 Å². The van der Waals surface area contributed by atoms with Gasteiger partial charge in [0.05, 0.1) is 5.69 Å². The molecule has 2 aromatic carbocycles. The van der Waals surface area contributed by atoms with Crippen molar-refractivity contribution < 1.29 is 9.59 Å². The van der Waals surface area contributed by atoms with E-state index >= 15 is 0 Å². The molecule has 0 atom stereocenters. The summed E-state index contributed by atoms with van der Waals surface area (Å²) in [5.74, 6) is 0.118. The number of aromatic amines is 1. The molecule has 0 aliphatic carbocycles. The highest BCUT2D eigenvalue weighted by Crippen LogP contribution is 2.38. The molecule has 0 bridgehead atoms. The van der Waals surface area contributed by atoms with Crippen molar-refractivity contribution in [3.05, 3.63) is 65.7 Å². The number of nitrogens with one attached hydrogen (secondary N) is 4. The van der Waals surface area contributed by atoms with Crippen LogP contribution >= 0.6 is 22.7 Å². The molecule has 0 spiro atoms. The van der Waals surface area contributed by atoms with Gasteiger partial charge in [-0.2, -0.15) is 0 Å². The lowest BCUT2D eigenvalue weighted by molar-refractivity contribution is 0.102. The first-order valence-electron chi connectivity index (χ1n) is 10.2. The van der Waals surface area contributed by atoms with Crippen molar-refractivity contribution >= 4 is 62.2 Å². The average Bonchev–Trinajstić information content (AvgIpc) is 3.58. The number of anilines is 3. The minimum Gasteiger partial charge on any atom is -0.382 e.